The van der Waals surface area contributed by atoms with Gasteiger partial charge >= 0.3 is 0 Å². The van der Waals surface area contributed by atoms with Crippen LogP contribution in [0.4, 0.5) is 0 Å². The lowest BCUT2D eigenvalue weighted by Crippen LogP contribution is -2.49. The molecule has 1 saturated heterocycles. The molecule has 16 heavy (non-hydrogen) atoms. The van der Waals surface area contributed by atoms with E-state index in [1.165, 1.54) is 5.56 Å². The summed E-state index contributed by atoms with van der Waals surface area (Å²) in [6.07, 6.45) is 0. The third kappa shape index (κ3) is 2.84. The first-order chi connectivity index (χ1) is 7.66. The summed E-state index contributed by atoms with van der Waals surface area (Å²) in [4.78, 5) is 2.55. The number of hydrogen-bond acceptors (Lipinski definition) is 2. The van der Waals surface area contributed by atoms with E-state index in [9.17, 15) is 0 Å². The number of nitrogens with one attached hydrogen (secondary N) is 1. The van der Waals surface area contributed by atoms with Gasteiger partial charge in [0.1, 0.15) is 0 Å². The van der Waals surface area contributed by atoms with Crippen molar-refractivity contribution in [3.8, 4) is 0 Å². The van der Waals surface area contributed by atoms with E-state index in [-0.39, 0.29) is 0 Å². The summed E-state index contributed by atoms with van der Waals surface area (Å²) in [6, 6.07) is 9.78. The summed E-state index contributed by atoms with van der Waals surface area (Å²) in [7, 11) is 0. The average molecular weight is 283 g/mol. The van der Waals surface area contributed by atoms with Crippen LogP contribution < -0.4 is 5.32 Å². The highest BCUT2D eigenvalue weighted by Gasteiger charge is 2.21. The fraction of sp³-hybridized carbons (Fsp3) is 0.538. The van der Waals surface area contributed by atoms with Gasteiger partial charge in [0.15, 0.2) is 0 Å². The van der Waals surface area contributed by atoms with Crippen LogP contribution in [0, 0.1) is 0 Å². The molecule has 1 heterocycles. The largest absolute Gasteiger partial charge is 0.312 e. The molecule has 2 nitrogen and oxygen atoms in total. The maximum absolute atomic E-state index is 3.48. The van der Waals surface area contributed by atoms with Crippen LogP contribution in [0.5, 0.6) is 0 Å². The van der Waals surface area contributed by atoms with E-state index in [1.807, 2.05) is 0 Å². The van der Waals surface area contributed by atoms with Crippen molar-refractivity contribution in [3.05, 3.63) is 34.3 Å². The van der Waals surface area contributed by atoms with Crippen LogP contribution in [0.3, 0.4) is 0 Å². The smallest absolute Gasteiger partial charge is 0.0321 e. The van der Waals surface area contributed by atoms with Gasteiger partial charge in [-0.25, -0.2) is 0 Å². The molecule has 0 aromatic heterocycles. The number of benzene rings is 1. The Morgan fingerprint density at radius 2 is 2.06 bits per heavy atom. The van der Waals surface area contributed by atoms with Gasteiger partial charge in [-0.2, -0.15) is 0 Å². The van der Waals surface area contributed by atoms with Crippen LogP contribution in [-0.2, 0) is 0 Å². The molecule has 1 aromatic carbocycles. The van der Waals surface area contributed by atoms with Crippen molar-refractivity contribution < 1.29 is 0 Å². The van der Waals surface area contributed by atoms with E-state index in [0.717, 1.165) is 24.1 Å². The molecule has 2 atom stereocenters. The molecule has 0 amide bonds. The Morgan fingerprint density at radius 3 is 2.69 bits per heavy atom. The first kappa shape index (κ1) is 12.1. The van der Waals surface area contributed by atoms with E-state index in [1.54, 1.807) is 0 Å². The molecular formula is C13H19BrN2. The molecule has 0 bridgehead atoms. The Kier molecular flexibility index (Phi) is 4.00. The third-order valence-electron chi connectivity index (χ3n) is 3.30. The molecule has 88 valence electrons. The molecule has 1 fully saturated rings. The zero-order valence-electron chi connectivity index (χ0n) is 9.91. The van der Waals surface area contributed by atoms with E-state index in [4.69, 9.17) is 0 Å². The maximum atomic E-state index is 3.48. The Balaban J connectivity index is 2.06. The monoisotopic (exact) mass is 282 g/mol. The lowest BCUT2D eigenvalue weighted by atomic mass is 10.1. The van der Waals surface area contributed by atoms with Gasteiger partial charge in [-0.05, 0) is 31.5 Å². The second kappa shape index (κ2) is 5.30. The van der Waals surface area contributed by atoms with Crippen LogP contribution in [0.15, 0.2) is 28.7 Å². The minimum Gasteiger partial charge on any atom is -0.312 e. The van der Waals surface area contributed by atoms with Crippen molar-refractivity contribution >= 4 is 15.9 Å². The highest BCUT2D eigenvalue weighted by atomic mass is 79.9. The van der Waals surface area contributed by atoms with E-state index >= 15 is 0 Å². The minimum atomic E-state index is 0.512. The SMILES string of the molecule is CC(c1ccc(Br)cc1)N1CCN[C@H](C)C1. The van der Waals surface area contributed by atoms with Crippen LogP contribution in [0.1, 0.15) is 25.5 Å². The topological polar surface area (TPSA) is 15.3 Å². The predicted molar refractivity (Wildman–Crippen MR) is 71.6 cm³/mol. The molecule has 0 spiro atoms. The second-order valence-electron chi connectivity index (χ2n) is 4.58. The van der Waals surface area contributed by atoms with Gasteiger partial charge in [-0.3, -0.25) is 4.90 Å². The molecule has 1 N–H and O–H groups in total. The highest BCUT2D eigenvalue weighted by molar-refractivity contribution is 9.10. The number of hydrogen-bond donors (Lipinski definition) is 1. The van der Waals surface area contributed by atoms with E-state index in [2.05, 4.69) is 64.3 Å². The van der Waals surface area contributed by atoms with Crippen LogP contribution in [0.2, 0.25) is 0 Å². The van der Waals surface area contributed by atoms with Crippen molar-refractivity contribution in [1.29, 1.82) is 0 Å². The van der Waals surface area contributed by atoms with Crippen molar-refractivity contribution in [3.63, 3.8) is 0 Å². The summed E-state index contributed by atoms with van der Waals surface area (Å²) < 4.78 is 1.15. The van der Waals surface area contributed by atoms with E-state index < -0.39 is 0 Å². The average Bonchev–Trinajstić information content (AvgIpc) is 2.29. The minimum absolute atomic E-state index is 0.512. The molecule has 1 aromatic rings. The quantitative estimate of drug-likeness (QED) is 0.898. The molecule has 3 heteroatoms. The Bertz CT molecular complexity index is 336. The molecule has 2 rings (SSSR count). The number of rotatable bonds is 2. The fourth-order valence-corrected chi connectivity index (χ4v) is 2.53. The molecule has 0 saturated carbocycles. The van der Waals surface area contributed by atoms with Crippen molar-refractivity contribution in [2.24, 2.45) is 0 Å². The Hall–Kier alpha value is -0.380. The van der Waals surface area contributed by atoms with Crippen molar-refractivity contribution in [2.45, 2.75) is 25.9 Å². The molecule has 1 unspecified atom stereocenters. The second-order valence-corrected chi connectivity index (χ2v) is 5.49. The Morgan fingerprint density at radius 1 is 1.38 bits per heavy atom. The molecule has 0 aliphatic carbocycles. The summed E-state index contributed by atoms with van der Waals surface area (Å²) in [5.41, 5.74) is 1.40. The fourth-order valence-electron chi connectivity index (χ4n) is 2.27. The van der Waals surface area contributed by atoms with Gasteiger partial charge in [0, 0.05) is 36.2 Å². The Labute approximate surface area is 106 Å². The van der Waals surface area contributed by atoms with Gasteiger partial charge in [-0.15, -0.1) is 0 Å². The first-order valence-corrected chi connectivity index (χ1v) is 6.69. The van der Waals surface area contributed by atoms with Gasteiger partial charge in [0.05, 0.1) is 0 Å². The van der Waals surface area contributed by atoms with Crippen molar-refractivity contribution in [2.75, 3.05) is 19.6 Å². The lowest BCUT2D eigenvalue weighted by Gasteiger charge is -2.36. The normalized spacial score (nSPS) is 24.3. The third-order valence-corrected chi connectivity index (χ3v) is 3.83. The zero-order valence-corrected chi connectivity index (χ0v) is 11.5. The van der Waals surface area contributed by atoms with Crippen LogP contribution in [0.25, 0.3) is 0 Å². The lowest BCUT2D eigenvalue weighted by molar-refractivity contribution is 0.158. The zero-order chi connectivity index (χ0) is 11.5. The maximum Gasteiger partial charge on any atom is 0.0321 e. The van der Waals surface area contributed by atoms with Gasteiger partial charge in [0.25, 0.3) is 0 Å². The highest BCUT2D eigenvalue weighted by Crippen LogP contribution is 2.22. The molecule has 1 aliphatic rings. The van der Waals surface area contributed by atoms with Crippen LogP contribution >= 0.6 is 15.9 Å². The summed E-state index contributed by atoms with van der Waals surface area (Å²) in [5, 5.41) is 3.48. The standard InChI is InChI=1S/C13H19BrN2/c1-10-9-16(8-7-15-10)11(2)12-3-5-13(14)6-4-12/h3-6,10-11,15H,7-9H2,1-2H3/t10-,11?/m1/s1. The number of piperazine rings is 1. The predicted octanol–water partition coefficient (Wildman–Crippen LogP) is 2.80. The molecular weight excluding hydrogens is 264 g/mol. The van der Waals surface area contributed by atoms with Crippen LogP contribution in [-0.4, -0.2) is 30.6 Å². The molecule has 1 aliphatic heterocycles. The summed E-state index contributed by atoms with van der Waals surface area (Å²) in [5.74, 6) is 0. The number of halogens is 1. The van der Waals surface area contributed by atoms with Crippen molar-refractivity contribution in [1.82, 2.24) is 10.2 Å². The summed E-state index contributed by atoms with van der Waals surface area (Å²) >= 11 is 3.48. The van der Waals surface area contributed by atoms with E-state index in [0.29, 0.717) is 12.1 Å². The van der Waals surface area contributed by atoms with Gasteiger partial charge in [0.2, 0.25) is 0 Å². The molecule has 0 radical (unpaired) electrons. The summed E-state index contributed by atoms with van der Waals surface area (Å²) in [6.45, 7) is 7.92. The number of nitrogens with zero attached hydrogens (tertiary/aromatic N) is 1. The van der Waals surface area contributed by atoms with Gasteiger partial charge in [-0.1, -0.05) is 28.1 Å². The van der Waals surface area contributed by atoms with Gasteiger partial charge < -0.3 is 5.32 Å². The first-order valence-electron chi connectivity index (χ1n) is 5.89.